The van der Waals surface area contributed by atoms with Crippen LogP contribution in [0, 0.1) is 13.8 Å². The van der Waals surface area contributed by atoms with Crippen molar-refractivity contribution in [1.82, 2.24) is 4.90 Å². The normalized spacial score (nSPS) is 13.9. The van der Waals surface area contributed by atoms with E-state index < -0.39 is 11.6 Å². The maximum atomic E-state index is 13.6. The average molecular weight is 539 g/mol. The van der Waals surface area contributed by atoms with Gasteiger partial charge in [-0.15, -0.1) is 0 Å². The molecule has 1 N–H and O–H groups in total. The van der Waals surface area contributed by atoms with E-state index in [2.05, 4.69) is 5.32 Å². The standard InChI is InChI=1S/C33H34N2O5/c1-18-14-25(20(3)34-27-11-9-8-10-24(27)32(38)40-33(4,5)6)30-26(15-18)28(36)19(2)29(39-30)21-12-13-23-22(16-21)17-35(7)31(23)37/h8-16,20,34H,17H2,1-7H3. The van der Waals surface area contributed by atoms with Crippen LogP contribution in [0.15, 0.2) is 63.8 Å². The molecule has 0 bridgehead atoms. The number of carbonyl (C=O) groups is 2. The summed E-state index contributed by atoms with van der Waals surface area (Å²) in [4.78, 5) is 40.6. The minimum atomic E-state index is -0.625. The molecular weight excluding hydrogens is 504 g/mol. The summed E-state index contributed by atoms with van der Waals surface area (Å²) in [5, 5.41) is 3.95. The number of benzene rings is 3. The number of aryl methyl sites for hydroxylation is 1. The molecule has 0 aliphatic carbocycles. The summed E-state index contributed by atoms with van der Waals surface area (Å²) >= 11 is 0. The minimum Gasteiger partial charge on any atom is -0.456 e. The molecule has 0 radical (unpaired) electrons. The Kier molecular flexibility index (Phi) is 6.78. The molecule has 7 nitrogen and oxygen atoms in total. The summed E-state index contributed by atoms with van der Waals surface area (Å²) in [5.74, 6) is 0.0541. The van der Waals surface area contributed by atoms with Crippen LogP contribution in [-0.2, 0) is 11.3 Å². The highest BCUT2D eigenvalue weighted by Crippen LogP contribution is 2.34. The van der Waals surface area contributed by atoms with Crippen molar-refractivity contribution in [2.45, 2.75) is 59.7 Å². The summed E-state index contributed by atoms with van der Waals surface area (Å²) < 4.78 is 12.1. The molecule has 1 amide bonds. The van der Waals surface area contributed by atoms with E-state index in [4.69, 9.17) is 9.15 Å². The lowest BCUT2D eigenvalue weighted by atomic mass is 9.97. The van der Waals surface area contributed by atoms with Crippen molar-refractivity contribution in [3.8, 4) is 11.3 Å². The Labute approximate surface area is 233 Å². The Morgan fingerprint density at radius 1 is 1.05 bits per heavy atom. The molecule has 1 unspecified atom stereocenters. The lowest BCUT2D eigenvalue weighted by Crippen LogP contribution is -2.24. The van der Waals surface area contributed by atoms with Crippen LogP contribution in [0.3, 0.4) is 0 Å². The van der Waals surface area contributed by atoms with Gasteiger partial charge in [0.1, 0.15) is 16.9 Å². The number of amides is 1. The molecule has 0 spiro atoms. The van der Waals surface area contributed by atoms with Crippen molar-refractivity contribution in [3.05, 3.63) is 98.2 Å². The first-order valence-electron chi connectivity index (χ1n) is 13.4. The van der Waals surface area contributed by atoms with Crippen LogP contribution >= 0.6 is 0 Å². The van der Waals surface area contributed by atoms with Crippen LogP contribution in [0.5, 0.6) is 0 Å². The summed E-state index contributed by atoms with van der Waals surface area (Å²) in [6.45, 7) is 11.7. The van der Waals surface area contributed by atoms with Gasteiger partial charge >= 0.3 is 5.97 Å². The fourth-order valence-electron chi connectivity index (χ4n) is 5.20. The van der Waals surface area contributed by atoms with Crippen LogP contribution in [0.25, 0.3) is 22.3 Å². The molecule has 1 aliphatic rings. The summed E-state index contributed by atoms with van der Waals surface area (Å²) in [6, 6.07) is 16.3. The Morgan fingerprint density at radius 2 is 1.77 bits per heavy atom. The van der Waals surface area contributed by atoms with Gasteiger partial charge < -0.3 is 19.4 Å². The van der Waals surface area contributed by atoms with Crippen molar-refractivity contribution in [2.24, 2.45) is 0 Å². The highest BCUT2D eigenvalue weighted by atomic mass is 16.6. The smallest absolute Gasteiger partial charge is 0.340 e. The molecule has 5 rings (SSSR count). The van der Waals surface area contributed by atoms with Crippen molar-refractivity contribution < 1.29 is 18.7 Å². The van der Waals surface area contributed by atoms with E-state index in [9.17, 15) is 14.4 Å². The van der Waals surface area contributed by atoms with E-state index in [1.807, 2.05) is 71.0 Å². The molecule has 7 heteroatoms. The number of para-hydroxylation sites is 1. The van der Waals surface area contributed by atoms with Crippen LogP contribution in [0.4, 0.5) is 5.69 Å². The van der Waals surface area contributed by atoms with E-state index in [1.165, 1.54) is 0 Å². The number of ether oxygens (including phenoxy) is 1. The van der Waals surface area contributed by atoms with Gasteiger partial charge in [-0.25, -0.2) is 4.79 Å². The van der Waals surface area contributed by atoms with Gasteiger partial charge in [-0.3, -0.25) is 9.59 Å². The number of fused-ring (bicyclic) bond motifs is 2. The number of hydrogen-bond acceptors (Lipinski definition) is 6. The summed E-state index contributed by atoms with van der Waals surface area (Å²) in [6.07, 6.45) is 0. The van der Waals surface area contributed by atoms with Crippen molar-refractivity contribution >= 4 is 28.5 Å². The second-order valence-electron chi connectivity index (χ2n) is 11.6. The number of esters is 1. The molecular formula is C33H34N2O5. The Morgan fingerprint density at radius 3 is 2.50 bits per heavy atom. The maximum Gasteiger partial charge on any atom is 0.340 e. The molecule has 2 heterocycles. The molecule has 0 saturated heterocycles. The minimum absolute atomic E-state index is 0.0115. The lowest BCUT2D eigenvalue weighted by Gasteiger charge is -2.23. The SMILES string of the molecule is Cc1cc(C(C)Nc2ccccc2C(=O)OC(C)(C)C)c2oc(-c3ccc4c(c3)CN(C)C4=O)c(C)c(=O)c2c1. The van der Waals surface area contributed by atoms with E-state index in [-0.39, 0.29) is 17.4 Å². The molecule has 3 aromatic carbocycles. The highest BCUT2D eigenvalue weighted by molar-refractivity contribution is 5.99. The quantitative estimate of drug-likeness (QED) is 0.282. The largest absolute Gasteiger partial charge is 0.456 e. The number of rotatable bonds is 5. The average Bonchev–Trinajstić information content (AvgIpc) is 3.17. The third-order valence-electron chi connectivity index (χ3n) is 7.13. The van der Waals surface area contributed by atoms with E-state index >= 15 is 0 Å². The van der Waals surface area contributed by atoms with Gasteiger partial charge in [0.2, 0.25) is 0 Å². The van der Waals surface area contributed by atoms with Gasteiger partial charge in [0.15, 0.2) is 5.43 Å². The van der Waals surface area contributed by atoms with E-state index in [1.54, 1.807) is 37.1 Å². The van der Waals surface area contributed by atoms with Crippen molar-refractivity contribution in [2.75, 3.05) is 12.4 Å². The number of carbonyl (C=O) groups excluding carboxylic acids is 2. The zero-order chi connectivity index (χ0) is 28.9. The van der Waals surface area contributed by atoms with Gasteiger partial charge in [-0.1, -0.05) is 24.3 Å². The first-order chi connectivity index (χ1) is 18.8. The molecule has 1 aliphatic heterocycles. The summed E-state index contributed by atoms with van der Waals surface area (Å²) in [7, 11) is 1.77. The second kappa shape index (κ2) is 9.97. The zero-order valence-electron chi connectivity index (χ0n) is 24.0. The van der Waals surface area contributed by atoms with Gasteiger partial charge in [0, 0.05) is 41.5 Å². The van der Waals surface area contributed by atoms with E-state index in [0.717, 1.165) is 22.3 Å². The number of anilines is 1. The molecule has 1 atom stereocenters. The van der Waals surface area contributed by atoms with Gasteiger partial charge in [-0.05, 0) is 83.0 Å². The van der Waals surface area contributed by atoms with E-state index in [0.29, 0.717) is 45.7 Å². The number of nitrogens with one attached hydrogen (secondary N) is 1. The third-order valence-corrected chi connectivity index (χ3v) is 7.13. The Bertz CT molecular complexity index is 1730. The van der Waals surface area contributed by atoms with Crippen LogP contribution < -0.4 is 10.7 Å². The predicted molar refractivity (Wildman–Crippen MR) is 157 cm³/mol. The predicted octanol–water partition coefficient (Wildman–Crippen LogP) is 6.79. The number of nitrogens with zero attached hydrogens (tertiary/aromatic N) is 1. The molecule has 1 aromatic heterocycles. The molecule has 40 heavy (non-hydrogen) atoms. The highest BCUT2D eigenvalue weighted by Gasteiger charge is 2.26. The first-order valence-corrected chi connectivity index (χ1v) is 13.4. The first kappa shape index (κ1) is 27.2. The Balaban J connectivity index is 1.59. The third kappa shape index (κ3) is 4.99. The van der Waals surface area contributed by atoms with Crippen molar-refractivity contribution in [1.29, 1.82) is 0 Å². The lowest BCUT2D eigenvalue weighted by molar-refractivity contribution is 0.00705. The van der Waals surface area contributed by atoms with Gasteiger partial charge in [0.05, 0.1) is 17.0 Å². The molecule has 0 fully saturated rings. The fraction of sp³-hybridized carbons (Fsp3) is 0.303. The molecule has 4 aromatic rings. The van der Waals surface area contributed by atoms with Crippen LogP contribution in [0.1, 0.15) is 76.7 Å². The topological polar surface area (TPSA) is 88.8 Å². The maximum absolute atomic E-state index is 13.6. The van der Waals surface area contributed by atoms with Crippen molar-refractivity contribution in [3.63, 3.8) is 0 Å². The van der Waals surface area contributed by atoms with Crippen LogP contribution in [0.2, 0.25) is 0 Å². The second-order valence-corrected chi connectivity index (χ2v) is 11.6. The fourth-order valence-corrected chi connectivity index (χ4v) is 5.20. The monoisotopic (exact) mass is 538 g/mol. The Hall–Kier alpha value is -4.39. The zero-order valence-corrected chi connectivity index (χ0v) is 24.0. The van der Waals surface area contributed by atoms with Gasteiger partial charge in [0.25, 0.3) is 5.91 Å². The van der Waals surface area contributed by atoms with Gasteiger partial charge in [-0.2, -0.15) is 0 Å². The number of hydrogen-bond donors (Lipinski definition) is 1. The molecule has 206 valence electrons. The molecule has 0 saturated carbocycles. The summed E-state index contributed by atoms with van der Waals surface area (Å²) in [5.41, 5.74) is 5.38. The van der Waals surface area contributed by atoms with Crippen LogP contribution in [-0.4, -0.2) is 29.4 Å².